The lowest BCUT2D eigenvalue weighted by molar-refractivity contribution is 0.546. The van der Waals surface area contributed by atoms with Crippen molar-refractivity contribution in [3.05, 3.63) is 58.8 Å². The highest BCUT2D eigenvalue weighted by atomic mass is 35.5. The first-order valence-electron chi connectivity index (χ1n) is 5.36. The number of hydrogen-bond acceptors (Lipinski definition) is 2. The molecule has 0 aliphatic heterocycles. The second-order valence-electron chi connectivity index (χ2n) is 3.91. The average Bonchev–Trinajstić information content (AvgIpc) is 2.82. The molecule has 0 bridgehead atoms. The van der Waals surface area contributed by atoms with Gasteiger partial charge in [-0.05, 0) is 30.7 Å². The Bertz CT molecular complexity index is 484. The largest absolute Gasteiger partial charge is 0.472 e. The van der Waals surface area contributed by atoms with Crippen LogP contribution in [0.1, 0.15) is 24.1 Å². The van der Waals surface area contributed by atoms with E-state index in [0.29, 0.717) is 6.54 Å². The van der Waals surface area contributed by atoms with Crippen LogP contribution >= 0.6 is 11.6 Å². The number of benzene rings is 1. The standard InChI is InChI=1S/C13H13ClFNO/c1-9(16-7-10-4-5-17-8-10)11-2-3-13(15)12(14)6-11/h2-6,8-9,16H,7H2,1H3. The van der Waals surface area contributed by atoms with Crippen molar-refractivity contribution in [2.24, 2.45) is 0 Å². The first-order chi connectivity index (χ1) is 8.16. The minimum Gasteiger partial charge on any atom is -0.472 e. The zero-order valence-electron chi connectivity index (χ0n) is 9.41. The zero-order valence-corrected chi connectivity index (χ0v) is 10.2. The molecule has 90 valence electrons. The lowest BCUT2D eigenvalue weighted by Gasteiger charge is -2.14. The highest BCUT2D eigenvalue weighted by Gasteiger charge is 2.08. The molecule has 0 radical (unpaired) electrons. The maximum absolute atomic E-state index is 13.0. The predicted molar refractivity (Wildman–Crippen MR) is 65.4 cm³/mol. The van der Waals surface area contributed by atoms with Crippen LogP contribution in [0.25, 0.3) is 0 Å². The van der Waals surface area contributed by atoms with Crippen LogP contribution in [0.15, 0.2) is 41.2 Å². The van der Waals surface area contributed by atoms with Crippen molar-refractivity contribution in [1.29, 1.82) is 0 Å². The molecule has 1 atom stereocenters. The third-order valence-corrected chi connectivity index (χ3v) is 2.93. The van der Waals surface area contributed by atoms with E-state index >= 15 is 0 Å². The van der Waals surface area contributed by atoms with Crippen molar-refractivity contribution in [1.82, 2.24) is 5.32 Å². The van der Waals surface area contributed by atoms with Gasteiger partial charge in [0.05, 0.1) is 17.5 Å². The van der Waals surface area contributed by atoms with E-state index in [-0.39, 0.29) is 11.1 Å². The Kier molecular flexibility index (Phi) is 3.82. The minimum absolute atomic E-state index is 0.1000. The van der Waals surface area contributed by atoms with Gasteiger partial charge in [-0.25, -0.2) is 4.39 Å². The van der Waals surface area contributed by atoms with Gasteiger partial charge < -0.3 is 9.73 Å². The summed E-state index contributed by atoms with van der Waals surface area (Å²) in [5.74, 6) is -0.391. The van der Waals surface area contributed by atoms with Crippen molar-refractivity contribution in [2.75, 3.05) is 0 Å². The Balaban J connectivity index is 1.99. The van der Waals surface area contributed by atoms with Gasteiger partial charge >= 0.3 is 0 Å². The molecule has 1 unspecified atom stereocenters. The normalized spacial score (nSPS) is 12.6. The Morgan fingerprint density at radius 3 is 2.88 bits per heavy atom. The van der Waals surface area contributed by atoms with Crippen LogP contribution in [0.5, 0.6) is 0 Å². The first kappa shape index (κ1) is 12.1. The summed E-state index contributed by atoms with van der Waals surface area (Å²) in [6.07, 6.45) is 3.33. The lowest BCUT2D eigenvalue weighted by atomic mass is 10.1. The molecule has 0 aliphatic rings. The van der Waals surface area contributed by atoms with Gasteiger partial charge in [0.25, 0.3) is 0 Å². The molecule has 2 rings (SSSR count). The Morgan fingerprint density at radius 1 is 1.41 bits per heavy atom. The SMILES string of the molecule is CC(NCc1ccoc1)c1ccc(F)c(Cl)c1. The predicted octanol–water partition coefficient (Wildman–Crippen LogP) is 3.92. The van der Waals surface area contributed by atoms with Gasteiger partial charge in [-0.15, -0.1) is 0 Å². The molecule has 0 spiro atoms. The number of rotatable bonds is 4. The van der Waals surface area contributed by atoms with Crippen LogP contribution in [0.3, 0.4) is 0 Å². The molecular weight excluding hydrogens is 241 g/mol. The molecular formula is C13H13ClFNO. The molecule has 2 aromatic rings. The Morgan fingerprint density at radius 2 is 2.24 bits per heavy atom. The maximum Gasteiger partial charge on any atom is 0.141 e. The van der Waals surface area contributed by atoms with E-state index in [1.54, 1.807) is 24.7 Å². The molecule has 4 heteroatoms. The molecule has 1 aromatic carbocycles. The smallest absolute Gasteiger partial charge is 0.141 e. The summed E-state index contributed by atoms with van der Waals surface area (Å²) in [5.41, 5.74) is 2.03. The van der Waals surface area contributed by atoms with Gasteiger partial charge in [0.15, 0.2) is 0 Å². The summed E-state index contributed by atoms with van der Waals surface area (Å²) in [6.45, 7) is 2.70. The molecule has 0 saturated heterocycles. The zero-order chi connectivity index (χ0) is 12.3. The van der Waals surface area contributed by atoms with E-state index in [2.05, 4.69) is 5.32 Å². The summed E-state index contributed by atoms with van der Waals surface area (Å²) < 4.78 is 18.0. The van der Waals surface area contributed by atoms with Gasteiger partial charge in [0, 0.05) is 18.2 Å². The molecule has 1 heterocycles. The topological polar surface area (TPSA) is 25.2 Å². The van der Waals surface area contributed by atoms with E-state index in [1.807, 2.05) is 13.0 Å². The number of hydrogen-bond donors (Lipinski definition) is 1. The van der Waals surface area contributed by atoms with E-state index in [0.717, 1.165) is 11.1 Å². The van der Waals surface area contributed by atoms with Crippen LogP contribution in [-0.2, 0) is 6.54 Å². The van der Waals surface area contributed by atoms with Crippen molar-refractivity contribution < 1.29 is 8.81 Å². The van der Waals surface area contributed by atoms with Crippen molar-refractivity contribution >= 4 is 11.6 Å². The minimum atomic E-state index is -0.391. The second kappa shape index (κ2) is 5.34. The monoisotopic (exact) mass is 253 g/mol. The maximum atomic E-state index is 13.0. The van der Waals surface area contributed by atoms with Crippen LogP contribution in [0.4, 0.5) is 4.39 Å². The summed E-state index contributed by atoms with van der Waals surface area (Å²) in [4.78, 5) is 0. The number of nitrogens with one attached hydrogen (secondary N) is 1. The summed E-state index contributed by atoms with van der Waals surface area (Å²) in [6, 6.07) is 6.76. The average molecular weight is 254 g/mol. The van der Waals surface area contributed by atoms with Gasteiger partial charge in [0.2, 0.25) is 0 Å². The number of halogens is 2. The van der Waals surface area contributed by atoms with Gasteiger partial charge in [-0.1, -0.05) is 17.7 Å². The molecule has 0 saturated carbocycles. The highest BCUT2D eigenvalue weighted by Crippen LogP contribution is 2.20. The fourth-order valence-corrected chi connectivity index (χ4v) is 1.75. The van der Waals surface area contributed by atoms with Gasteiger partial charge in [-0.3, -0.25) is 0 Å². The fraction of sp³-hybridized carbons (Fsp3) is 0.231. The summed E-state index contributed by atoms with van der Waals surface area (Å²) in [7, 11) is 0. The third-order valence-electron chi connectivity index (χ3n) is 2.64. The second-order valence-corrected chi connectivity index (χ2v) is 4.31. The van der Waals surface area contributed by atoms with Crippen molar-refractivity contribution in [2.45, 2.75) is 19.5 Å². The molecule has 0 fully saturated rings. The van der Waals surface area contributed by atoms with E-state index in [4.69, 9.17) is 16.0 Å². The van der Waals surface area contributed by atoms with E-state index in [9.17, 15) is 4.39 Å². The lowest BCUT2D eigenvalue weighted by Crippen LogP contribution is -2.17. The van der Waals surface area contributed by atoms with Crippen LogP contribution < -0.4 is 5.32 Å². The molecule has 0 amide bonds. The van der Waals surface area contributed by atoms with Gasteiger partial charge in [0.1, 0.15) is 5.82 Å². The Hall–Kier alpha value is -1.32. The summed E-state index contributed by atoms with van der Waals surface area (Å²) >= 11 is 5.74. The van der Waals surface area contributed by atoms with Crippen molar-refractivity contribution in [3.63, 3.8) is 0 Å². The van der Waals surface area contributed by atoms with Crippen molar-refractivity contribution in [3.8, 4) is 0 Å². The molecule has 1 aromatic heterocycles. The van der Waals surface area contributed by atoms with Crippen LogP contribution in [0, 0.1) is 5.82 Å². The highest BCUT2D eigenvalue weighted by molar-refractivity contribution is 6.30. The number of furan rings is 1. The van der Waals surface area contributed by atoms with Crippen LogP contribution in [-0.4, -0.2) is 0 Å². The van der Waals surface area contributed by atoms with E-state index < -0.39 is 5.82 Å². The van der Waals surface area contributed by atoms with E-state index in [1.165, 1.54) is 6.07 Å². The fourth-order valence-electron chi connectivity index (χ4n) is 1.56. The molecule has 0 aliphatic carbocycles. The summed E-state index contributed by atoms with van der Waals surface area (Å²) in [5, 5.41) is 3.46. The quantitative estimate of drug-likeness (QED) is 0.893. The molecule has 2 nitrogen and oxygen atoms in total. The third kappa shape index (κ3) is 3.08. The molecule has 17 heavy (non-hydrogen) atoms. The van der Waals surface area contributed by atoms with Crippen LogP contribution in [0.2, 0.25) is 5.02 Å². The Labute approximate surface area is 104 Å². The molecule has 1 N–H and O–H groups in total. The first-order valence-corrected chi connectivity index (χ1v) is 5.74. The van der Waals surface area contributed by atoms with Gasteiger partial charge in [-0.2, -0.15) is 0 Å².